The van der Waals surface area contributed by atoms with Crippen LogP contribution in [-0.2, 0) is 6.54 Å². The van der Waals surface area contributed by atoms with E-state index in [1.54, 1.807) is 16.7 Å². The number of hydrogen-bond donors (Lipinski definition) is 0. The van der Waals surface area contributed by atoms with Crippen molar-refractivity contribution in [2.75, 3.05) is 19.0 Å². The summed E-state index contributed by atoms with van der Waals surface area (Å²) >= 11 is 0. The minimum Gasteiger partial charge on any atom is -0.377 e. The van der Waals surface area contributed by atoms with E-state index in [0.717, 1.165) is 5.69 Å². The van der Waals surface area contributed by atoms with Crippen molar-refractivity contribution in [3.05, 3.63) is 60.2 Å². The van der Waals surface area contributed by atoms with E-state index in [2.05, 4.69) is 0 Å². The first-order chi connectivity index (χ1) is 9.08. The van der Waals surface area contributed by atoms with Crippen LogP contribution in [0.25, 0.3) is 0 Å². The number of benzene rings is 1. The number of rotatable bonds is 4. The number of carbonyl (C=O) groups is 1. The molecule has 0 radical (unpaired) electrons. The van der Waals surface area contributed by atoms with Gasteiger partial charge >= 0.3 is 0 Å². The molecular weight excluding hydrogens is 243 g/mol. The molecule has 0 saturated heterocycles. The van der Waals surface area contributed by atoms with Crippen LogP contribution < -0.4 is 9.47 Å². The summed E-state index contributed by atoms with van der Waals surface area (Å²) in [7, 11) is 3.90. The lowest BCUT2D eigenvalue weighted by Crippen LogP contribution is -2.37. The molecule has 0 bridgehead atoms. The number of anilines is 1. The van der Waals surface area contributed by atoms with Crippen LogP contribution in [0.5, 0.6) is 0 Å². The molecule has 1 aromatic carbocycles. The quantitative estimate of drug-likeness (QED) is 0.620. The minimum absolute atomic E-state index is 0.131. The summed E-state index contributed by atoms with van der Waals surface area (Å²) < 4.78 is 15.2. The first-order valence-electron chi connectivity index (χ1n) is 6.02. The van der Waals surface area contributed by atoms with E-state index in [1.165, 1.54) is 12.1 Å². The van der Waals surface area contributed by atoms with Crippen LogP contribution in [0.4, 0.5) is 10.1 Å². The van der Waals surface area contributed by atoms with Gasteiger partial charge < -0.3 is 4.90 Å². The van der Waals surface area contributed by atoms with E-state index in [4.69, 9.17) is 0 Å². The predicted molar refractivity (Wildman–Crippen MR) is 71.7 cm³/mol. The molecule has 0 aliphatic carbocycles. The lowest BCUT2D eigenvalue weighted by molar-refractivity contribution is -0.683. The molecule has 2 aromatic rings. The molecule has 0 amide bonds. The predicted octanol–water partition coefficient (Wildman–Crippen LogP) is 2.06. The van der Waals surface area contributed by atoms with Crippen molar-refractivity contribution in [2.24, 2.45) is 0 Å². The summed E-state index contributed by atoms with van der Waals surface area (Å²) in [5.41, 5.74) is 1.18. The van der Waals surface area contributed by atoms with Gasteiger partial charge in [-0.2, -0.15) is 4.57 Å². The molecule has 0 saturated carbocycles. The Labute approximate surface area is 111 Å². The molecule has 3 nitrogen and oxygen atoms in total. The van der Waals surface area contributed by atoms with E-state index in [-0.39, 0.29) is 17.9 Å². The highest BCUT2D eigenvalue weighted by atomic mass is 19.1. The van der Waals surface area contributed by atoms with Crippen molar-refractivity contribution in [1.82, 2.24) is 0 Å². The zero-order valence-corrected chi connectivity index (χ0v) is 11.0. The van der Waals surface area contributed by atoms with E-state index in [1.807, 2.05) is 43.5 Å². The highest BCUT2D eigenvalue weighted by molar-refractivity contribution is 5.95. The number of aromatic nitrogens is 1. The van der Waals surface area contributed by atoms with Gasteiger partial charge in [-0.25, -0.2) is 4.39 Å². The third-order valence-corrected chi connectivity index (χ3v) is 2.89. The second-order valence-electron chi connectivity index (χ2n) is 4.53. The Balaban J connectivity index is 2.13. The molecule has 98 valence electrons. The van der Waals surface area contributed by atoms with Crippen LogP contribution in [0.3, 0.4) is 0 Å². The molecule has 0 aliphatic rings. The van der Waals surface area contributed by atoms with Crippen LogP contribution in [0.1, 0.15) is 10.4 Å². The van der Waals surface area contributed by atoms with Crippen molar-refractivity contribution in [2.45, 2.75) is 6.54 Å². The standard InChI is InChI=1S/C15H16FN2O/c1-17(2)12-7-9-18(10-8-12)11-15(19)13-5-3-4-6-14(13)16/h3-10H,11H2,1-2H3/q+1. The molecule has 2 rings (SSSR count). The minimum atomic E-state index is -0.474. The Kier molecular flexibility index (Phi) is 3.90. The zero-order valence-electron chi connectivity index (χ0n) is 11.0. The summed E-state index contributed by atoms with van der Waals surface area (Å²) in [6.45, 7) is 0.134. The molecule has 0 spiro atoms. The van der Waals surface area contributed by atoms with Gasteiger partial charge in [-0.1, -0.05) is 12.1 Å². The van der Waals surface area contributed by atoms with Crippen LogP contribution in [0.15, 0.2) is 48.8 Å². The highest BCUT2D eigenvalue weighted by Crippen LogP contribution is 2.08. The van der Waals surface area contributed by atoms with E-state index < -0.39 is 5.82 Å². The highest BCUT2D eigenvalue weighted by Gasteiger charge is 2.15. The monoisotopic (exact) mass is 259 g/mol. The summed E-state index contributed by atoms with van der Waals surface area (Å²) in [5, 5.41) is 0. The fourth-order valence-electron chi connectivity index (χ4n) is 1.79. The average molecular weight is 259 g/mol. The van der Waals surface area contributed by atoms with Crippen molar-refractivity contribution in [3.8, 4) is 0 Å². The van der Waals surface area contributed by atoms with Gasteiger partial charge in [0, 0.05) is 31.9 Å². The van der Waals surface area contributed by atoms with Gasteiger partial charge in [0.1, 0.15) is 5.82 Å². The molecule has 0 aliphatic heterocycles. The van der Waals surface area contributed by atoms with Gasteiger partial charge in [-0.15, -0.1) is 0 Å². The molecule has 1 heterocycles. The maximum absolute atomic E-state index is 13.5. The normalized spacial score (nSPS) is 10.3. The molecule has 0 fully saturated rings. The number of carbonyl (C=O) groups excluding carboxylic acids is 1. The second-order valence-corrected chi connectivity index (χ2v) is 4.53. The fourth-order valence-corrected chi connectivity index (χ4v) is 1.79. The Morgan fingerprint density at radius 3 is 2.37 bits per heavy atom. The lowest BCUT2D eigenvalue weighted by Gasteiger charge is -2.10. The first-order valence-corrected chi connectivity index (χ1v) is 6.02. The largest absolute Gasteiger partial charge is 0.377 e. The molecule has 0 unspecified atom stereocenters. The maximum atomic E-state index is 13.5. The summed E-state index contributed by atoms with van der Waals surface area (Å²) in [5.74, 6) is -0.710. The van der Waals surface area contributed by atoms with Crippen molar-refractivity contribution in [3.63, 3.8) is 0 Å². The van der Waals surface area contributed by atoms with Gasteiger partial charge in [0.25, 0.3) is 0 Å². The third kappa shape index (κ3) is 3.16. The van der Waals surface area contributed by atoms with E-state index >= 15 is 0 Å². The summed E-state index contributed by atoms with van der Waals surface area (Å²) in [6.07, 6.45) is 3.63. The van der Waals surface area contributed by atoms with Gasteiger partial charge in [0.05, 0.1) is 5.56 Å². The number of nitrogens with zero attached hydrogens (tertiary/aromatic N) is 2. The van der Waals surface area contributed by atoms with Gasteiger partial charge in [-0.05, 0) is 12.1 Å². The van der Waals surface area contributed by atoms with Crippen LogP contribution >= 0.6 is 0 Å². The maximum Gasteiger partial charge on any atom is 0.230 e. The van der Waals surface area contributed by atoms with Gasteiger partial charge in [-0.3, -0.25) is 4.79 Å². The van der Waals surface area contributed by atoms with Gasteiger partial charge in [0.2, 0.25) is 12.3 Å². The first kappa shape index (κ1) is 13.2. The summed E-state index contributed by atoms with van der Waals surface area (Å²) in [6, 6.07) is 9.87. The Hall–Kier alpha value is -2.23. The smallest absolute Gasteiger partial charge is 0.230 e. The molecule has 0 N–H and O–H groups in total. The number of pyridine rings is 1. The van der Waals surface area contributed by atoms with Crippen LogP contribution in [0, 0.1) is 5.82 Å². The van der Waals surface area contributed by atoms with E-state index in [0.29, 0.717) is 0 Å². The topological polar surface area (TPSA) is 24.2 Å². The molecular formula is C15H16FN2O+. The van der Waals surface area contributed by atoms with Crippen molar-refractivity contribution >= 4 is 11.5 Å². The number of Topliss-reactive ketones (excluding diaryl/α,β-unsaturated/α-hetero) is 1. The molecule has 0 atom stereocenters. The van der Waals surface area contributed by atoms with Crippen LogP contribution in [-0.4, -0.2) is 19.9 Å². The Morgan fingerprint density at radius 1 is 1.16 bits per heavy atom. The molecule has 4 heteroatoms. The number of hydrogen-bond acceptors (Lipinski definition) is 2. The molecule has 1 aromatic heterocycles. The van der Waals surface area contributed by atoms with Crippen LogP contribution in [0.2, 0.25) is 0 Å². The zero-order chi connectivity index (χ0) is 13.8. The number of halogens is 1. The average Bonchev–Trinajstić information content (AvgIpc) is 2.39. The Bertz CT molecular complexity index is 579. The van der Waals surface area contributed by atoms with E-state index in [9.17, 15) is 9.18 Å². The SMILES string of the molecule is CN(C)c1cc[n+](CC(=O)c2ccccc2F)cc1. The van der Waals surface area contributed by atoms with Crippen molar-refractivity contribution in [1.29, 1.82) is 0 Å². The third-order valence-electron chi connectivity index (χ3n) is 2.89. The lowest BCUT2D eigenvalue weighted by atomic mass is 10.1. The van der Waals surface area contributed by atoms with Gasteiger partial charge in [0.15, 0.2) is 12.4 Å². The Morgan fingerprint density at radius 2 is 1.79 bits per heavy atom. The summed E-state index contributed by atoms with van der Waals surface area (Å²) in [4.78, 5) is 14.0. The molecule has 19 heavy (non-hydrogen) atoms. The van der Waals surface area contributed by atoms with Crippen molar-refractivity contribution < 1.29 is 13.8 Å². The second kappa shape index (κ2) is 5.61. The number of ketones is 1. The fraction of sp³-hybridized carbons (Fsp3) is 0.200.